The molecule has 1 atom stereocenters. The normalized spacial score (nSPS) is 12.0. The predicted octanol–water partition coefficient (Wildman–Crippen LogP) is 3.77. The molecule has 1 unspecified atom stereocenters. The second kappa shape index (κ2) is 9.37. The van der Waals surface area contributed by atoms with Gasteiger partial charge < -0.3 is 10.6 Å². The Morgan fingerprint density at radius 1 is 1.33 bits per heavy atom. The number of amides is 1. The molecule has 0 fully saturated rings. The van der Waals surface area contributed by atoms with Crippen molar-refractivity contribution in [2.75, 3.05) is 18.4 Å². The van der Waals surface area contributed by atoms with Crippen molar-refractivity contribution in [2.24, 2.45) is 5.92 Å². The number of pyridine rings is 1. The van der Waals surface area contributed by atoms with Gasteiger partial charge in [0, 0.05) is 25.0 Å². The van der Waals surface area contributed by atoms with Crippen molar-refractivity contribution >= 4 is 11.6 Å². The van der Waals surface area contributed by atoms with Crippen LogP contribution >= 0.6 is 0 Å². The predicted molar refractivity (Wildman–Crippen MR) is 88.8 cm³/mol. The van der Waals surface area contributed by atoms with Crippen LogP contribution in [0.5, 0.6) is 0 Å². The monoisotopic (exact) mass is 291 g/mol. The highest BCUT2D eigenvalue weighted by Gasteiger charge is 2.14. The van der Waals surface area contributed by atoms with Gasteiger partial charge >= 0.3 is 0 Å². The van der Waals surface area contributed by atoms with Crippen LogP contribution in [0.4, 0.5) is 5.69 Å². The molecule has 4 nitrogen and oxygen atoms in total. The Hall–Kier alpha value is -1.58. The van der Waals surface area contributed by atoms with E-state index in [4.69, 9.17) is 0 Å². The number of anilines is 1. The molecule has 1 rings (SSSR count). The molecule has 2 N–H and O–H groups in total. The van der Waals surface area contributed by atoms with E-state index in [9.17, 15) is 4.79 Å². The molecule has 1 aromatic rings. The SMILES string of the molecule is CCCCC(CC)CNC(=O)c1cnc(C)cc1NCC. The number of aryl methyl sites for hydroxylation is 1. The van der Waals surface area contributed by atoms with E-state index >= 15 is 0 Å². The van der Waals surface area contributed by atoms with Crippen LogP contribution in [-0.4, -0.2) is 24.0 Å². The summed E-state index contributed by atoms with van der Waals surface area (Å²) in [5, 5.41) is 6.29. The fourth-order valence-corrected chi connectivity index (χ4v) is 2.35. The zero-order valence-electron chi connectivity index (χ0n) is 13.8. The number of rotatable bonds is 9. The summed E-state index contributed by atoms with van der Waals surface area (Å²) < 4.78 is 0. The van der Waals surface area contributed by atoms with Crippen LogP contribution in [-0.2, 0) is 0 Å². The minimum Gasteiger partial charge on any atom is -0.385 e. The first kappa shape index (κ1) is 17.5. The highest BCUT2D eigenvalue weighted by molar-refractivity contribution is 5.99. The topological polar surface area (TPSA) is 54.0 Å². The first-order chi connectivity index (χ1) is 10.1. The lowest BCUT2D eigenvalue weighted by Gasteiger charge is -2.16. The molecule has 0 aliphatic rings. The van der Waals surface area contributed by atoms with E-state index < -0.39 is 0 Å². The summed E-state index contributed by atoms with van der Waals surface area (Å²) in [5.41, 5.74) is 2.41. The summed E-state index contributed by atoms with van der Waals surface area (Å²) in [6.45, 7) is 9.87. The first-order valence-corrected chi connectivity index (χ1v) is 8.11. The fraction of sp³-hybridized carbons (Fsp3) is 0.647. The molecule has 4 heteroatoms. The molecule has 1 heterocycles. The average Bonchev–Trinajstić information content (AvgIpc) is 2.47. The Balaban J connectivity index is 2.66. The highest BCUT2D eigenvalue weighted by Crippen LogP contribution is 2.16. The van der Waals surface area contributed by atoms with Gasteiger partial charge in [0.05, 0.1) is 11.3 Å². The number of hydrogen-bond acceptors (Lipinski definition) is 3. The van der Waals surface area contributed by atoms with Gasteiger partial charge in [-0.1, -0.05) is 33.1 Å². The van der Waals surface area contributed by atoms with Gasteiger partial charge in [-0.3, -0.25) is 9.78 Å². The Labute approximate surface area is 128 Å². The van der Waals surface area contributed by atoms with Gasteiger partial charge in [0.15, 0.2) is 0 Å². The molecule has 0 saturated heterocycles. The maximum absolute atomic E-state index is 12.4. The van der Waals surface area contributed by atoms with Crippen molar-refractivity contribution < 1.29 is 4.79 Å². The maximum Gasteiger partial charge on any atom is 0.254 e. The van der Waals surface area contributed by atoms with Gasteiger partial charge in [0.1, 0.15) is 0 Å². The van der Waals surface area contributed by atoms with Gasteiger partial charge in [-0.05, 0) is 32.3 Å². The van der Waals surface area contributed by atoms with Crippen molar-refractivity contribution in [3.8, 4) is 0 Å². The quantitative estimate of drug-likeness (QED) is 0.728. The Bertz CT molecular complexity index is 446. The zero-order chi connectivity index (χ0) is 15.7. The number of hydrogen-bond donors (Lipinski definition) is 2. The van der Waals surface area contributed by atoms with Crippen molar-refractivity contribution in [3.63, 3.8) is 0 Å². The molecule has 1 aromatic heterocycles. The van der Waals surface area contributed by atoms with Crippen LogP contribution in [0, 0.1) is 12.8 Å². The molecule has 0 aliphatic heterocycles. The molecule has 118 valence electrons. The second-order valence-corrected chi connectivity index (χ2v) is 5.53. The van der Waals surface area contributed by atoms with Crippen LogP contribution in [0.15, 0.2) is 12.3 Å². The molecule has 0 radical (unpaired) electrons. The highest BCUT2D eigenvalue weighted by atomic mass is 16.1. The molecule has 0 saturated carbocycles. The van der Waals surface area contributed by atoms with E-state index in [2.05, 4.69) is 29.5 Å². The Morgan fingerprint density at radius 3 is 2.71 bits per heavy atom. The summed E-state index contributed by atoms with van der Waals surface area (Å²) in [6, 6.07) is 1.92. The lowest BCUT2D eigenvalue weighted by molar-refractivity contribution is 0.0946. The number of nitrogens with one attached hydrogen (secondary N) is 2. The summed E-state index contributed by atoms with van der Waals surface area (Å²) in [7, 11) is 0. The number of carbonyl (C=O) groups excluding carboxylic acids is 1. The van der Waals surface area contributed by atoms with Gasteiger partial charge in [0.2, 0.25) is 0 Å². The third-order valence-electron chi connectivity index (χ3n) is 3.75. The van der Waals surface area contributed by atoms with Gasteiger partial charge in [-0.15, -0.1) is 0 Å². The Kier molecular flexibility index (Phi) is 7.80. The lowest BCUT2D eigenvalue weighted by Crippen LogP contribution is -2.30. The van der Waals surface area contributed by atoms with Gasteiger partial charge in [-0.2, -0.15) is 0 Å². The summed E-state index contributed by atoms with van der Waals surface area (Å²) >= 11 is 0. The zero-order valence-corrected chi connectivity index (χ0v) is 13.8. The maximum atomic E-state index is 12.4. The smallest absolute Gasteiger partial charge is 0.254 e. The van der Waals surface area contributed by atoms with Gasteiger partial charge in [-0.25, -0.2) is 0 Å². The fourth-order valence-electron chi connectivity index (χ4n) is 2.35. The number of unbranched alkanes of at least 4 members (excludes halogenated alkanes) is 1. The van der Waals surface area contributed by atoms with Crippen molar-refractivity contribution in [1.29, 1.82) is 0 Å². The third-order valence-corrected chi connectivity index (χ3v) is 3.75. The summed E-state index contributed by atoms with van der Waals surface area (Å²) in [5.74, 6) is 0.531. The standard InChI is InChI=1S/C17H29N3O/c1-5-8-9-14(6-2)11-20-17(21)15-12-19-13(4)10-16(15)18-7-3/h10,12,14H,5-9,11H2,1-4H3,(H,18,19)(H,20,21). The van der Waals surface area contributed by atoms with E-state index in [0.717, 1.165) is 30.9 Å². The molecule has 21 heavy (non-hydrogen) atoms. The third kappa shape index (κ3) is 5.74. The largest absolute Gasteiger partial charge is 0.385 e. The van der Waals surface area contributed by atoms with E-state index in [1.165, 1.54) is 19.3 Å². The van der Waals surface area contributed by atoms with Crippen LogP contribution in [0.25, 0.3) is 0 Å². The molecule has 0 aliphatic carbocycles. The van der Waals surface area contributed by atoms with E-state index in [1.54, 1.807) is 6.20 Å². The number of carbonyl (C=O) groups is 1. The average molecular weight is 291 g/mol. The number of nitrogens with zero attached hydrogens (tertiary/aromatic N) is 1. The molecular formula is C17H29N3O. The summed E-state index contributed by atoms with van der Waals surface area (Å²) in [6.07, 6.45) is 6.38. The van der Waals surface area contributed by atoms with Crippen LogP contribution in [0.2, 0.25) is 0 Å². The Morgan fingerprint density at radius 2 is 2.10 bits per heavy atom. The van der Waals surface area contributed by atoms with Crippen molar-refractivity contribution in [1.82, 2.24) is 10.3 Å². The second-order valence-electron chi connectivity index (χ2n) is 5.53. The molecule has 1 amide bonds. The summed E-state index contributed by atoms with van der Waals surface area (Å²) in [4.78, 5) is 16.6. The van der Waals surface area contributed by atoms with Crippen molar-refractivity contribution in [2.45, 2.75) is 53.4 Å². The van der Waals surface area contributed by atoms with Gasteiger partial charge in [0.25, 0.3) is 5.91 Å². The number of aromatic nitrogens is 1. The molecular weight excluding hydrogens is 262 g/mol. The molecule has 0 spiro atoms. The first-order valence-electron chi connectivity index (χ1n) is 8.11. The van der Waals surface area contributed by atoms with Crippen LogP contribution in [0.1, 0.15) is 62.5 Å². The molecule has 0 aromatic carbocycles. The molecule has 0 bridgehead atoms. The minimum atomic E-state index is -0.0339. The van der Waals surface area contributed by atoms with E-state index in [0.29, 0.717) is 11.5 Å². The van der Waals surface area contributed by atoms with Crippen LogP contribution in [0.3, 0.4) is 0 Å². The van der Waals surface area contributed by atoms with E-state index in [1.807, 2.05) is 19.9 Å². The van der Waals surface area contributed by atoms with E-state index in [-0.39, 0.29) is 5.91 Å². The van der Waals surface area contributed by atoms with Crippen LogP contribution < -0.4 is 10.6 Å². The van der Waals surface area contributed by atoms with Crippen molar-refractivity contribution in [3.05, 3.63) is 23.5 Å². The minimum absolute atomic E-state index is 0.0339. The lowest BCUT2D eigenvalue weighted by atomic mass is 9.99.